The van der Waals surface area contributed by atoms with E-state index in [2.05, 4.69) is 55.5 Å². The topological polar surface area (TPSA) is 70.5 Å². The molecule has 0 bridgehead atoms. The highest BCUT2D eigenvalue weighted by Crippen LogP contribution is 2.54. The lowest BCUT2D eigenvalue weighted by Gasteiger charge is -2.44. The largest absolute Gasteiger partial charge is 0.455 e. The Morgan fingerprint density at radius 3 is 1.57 bits per heavy atom. The molecular formula is C43H54N2O2. The average molecular weight is 631 g/mol. The number of rotatable bonds is 13. The van der Waals surface area contributed by atoms with Crippen LogP contribution in [-0.2, 0) is 5.41 Å². The minimum atomic E-state index is -0.277. The van der Waals surface area contributed by atoms with Crippen molar-refractivity contribution >= 4 is 11.4 Å². The summed E-state index contributed by atoms with van der Waals surface area (Å²) in [5.74, 6) is 3.83. The molecule has 0 amide bonds. The molecular weight excluding hydrogens is 576 g/mol. The quantitative estimate of drug-likeness (QED) is 0.114. The number of hydrogen-bond acceptors (Lipinski definition) is 4. The van der Waals surface area contributed by atoms with Crippen molar-refractivity contribution < 1.29 is 9.47 Å². The molecule has 2 aliphatic rings. The Kier molecular flexibility index (Phi) is 10.8. The van der Waals surface area contributed by atoms with Gasteiger partial charge in [0.05, 0.1) is 11.4 Å². The van der Waals surface area contributed by atoms with Crippen molar-refractivity contribution in [2.45, 2.75) is 109 Å². The number of nitrogens with two attached hydrogens (primary N) is 2. The van der Waals surface area contributed by atoms with E-state index < -0.39 is 0 Å². The molecule has 0 spiro atoms. The molecule has 0 aliphatic heterocycles. The maximum Gasteiger partial charge on any atom is 0.150 e. The predicted octanol–water partition coefficient (Wildman–Crippen LogP) is 12.2. The molecule has 0 atom stereocenters. The van der Waals surface area contributed by atoms with E-state index in [1.807, 2.05) is 48.5 Å². The van der Waals surface area contributed by atoms with Crippen LogP contribution in [0.1, 0.15) is 114 Å². The fourth-order valence-corrected chi connectivity index (χ4v) is 8.62. The summed E-state index contributed by atoms with van der Waals surface area (Å²) < 4.78 is 13.3. The van der Waals surface area contributed by atoms with Crippen molar-refractivity contribution in [3.8, 4) is 23.0 Å². The monoisotopic (exact) mass is 630 g/mol. The van der Waals surface area contributed by atoms with Crippen LogP contribution >= 0.6 is 0 Å². The van der Waals surface area contributed by atoms with Gasteiger partial charge in [-0.1, -0.05) is 106 Å². The van der Waals surface area contributed by atoms with Crippen molar-refractivity contribution in [2.24, 2.45) is 11.3 Å². The van der Waals surface area contributed by atoms with Gasteiger partial charge in [-0.3, -0.25) is 0 Å². The second-order valence-electron chi connectivity index (χ2n) is 14.4. The number of unbranched alkanes of at least 4 members (excludes halogenated alkanes) is 2. The second kappa shape index (κ2) is 15.3. The number of hydrogen-bond donors (Lipinski definition) is 2. The lowest BCUT2D eigenvalue weighted by Crippen LogP contribution is -2.34. The first kappa shape index (κ1) is 33.0. The van der Waals surface area contributed by atoms with Gasteiger partial charge < -0.3 is 20.9 Å². The third-order valence-corrected chi connectivity index (χ3v) is 11.3. The van der Waals surface area contributed by atoms with Crippen LogP contribution < -0.4 is 20.9 Å². The third-order valence-electron chi connectivity index (χ3n) is 11.3. The van der Waals surface area contributed by atoms with Crippen molar-refractivity contribution in [2.75, 3.05) is 11.5 Å². The Balaban J connectivity index is 1.32. The van der Waals surface area contributed by atoms with Gasteiger partial charge in [0.25, 0.3) is 0 Å². The molecule has 4 N–H and O–H groups in total. The van der Waals surface area contributed by atoms with Gasteiger partial charge in [0.15, 0.2) is 0 Å². The summed E-state index contributed by atoms with van der Waals surface area (Å²) >= 11 is 0. The highest BCUT2D eigenvalue weighted by molar-refractivity contribution is 5.59. The van der Waals surface area contributed by atoms with Gasteiger partial charge in [-0.15, -0.1) is 0 Å². The average Bonchev–Trinajstić information content (AvgIpc) is 3.11. The van der Waals surface area contributed by atoms with E-state index in [4.69, 9.17) is 20.9 Å². The summed E-state index contributed by atoms with van der Waals surface area (Å²) in [6.45, 7) is 2.33. The van der Waals surface area contributed by atoms with E-state index in [-0.39, 0.29) is 5.41 Å². The molecule has 2 fully saturated rings. The number of ether oxygens (including phenoxy) is 2. The zero-order valence-corrected chi connectivity index (χ0v) is 28.4. The maximum atomic E-state index is 6.65. The number of nitrogen functional groups attached to an aromatic ring is 2. The molecule has 47 heavy (non-hydrogen) atoms. The van der Waals surface area contributed by atoms with E-state index in [0.717, 1.165) is 30.3 Å². The van der Waals surface area contributed by atoms with Gasteiger partial charge in [-0.05, 0) is 106 Å². The van der Waals surface area contributed by atoms with Crippen LogP contribution in [0.4, 0.5) is 11.4 Å². The van der Waals surface area contributed by atoms with Crippen LogP contribution in [0.15, 0.2) is 97.1 Å². The van der Waals surface area contributed by atoms with Crippen LogP contribution in [0.25, 0.3) is 0 Å². The Morgan fingerprint density at radius 1 is 0.574 bits per heavy atom. The van der Waals surface area contributed by atoms with Crippen LogP contribution in [0.3, 0.4) is 0 Å². The van der Waals surface area contributed by atoms with Crippen molar-refractivity contribution in [1.29, 1.82) is 0 Å². The van der Waals surface area contributed by atoms with E-state index in [9.17, 15) is 0 Å². The summed E-state index contributed by atoms with van der Waals surface area (Å²) in [5.41, 5.74) is 16.7. The number of anilines is 2. The predicted molar refractivity (Wildman–Crippen MR) is 196 cm³/mol. The molecule has 4 heteroatoms. The van der Waals surface area contributed by atoms with Crippen LogP contribution in [0, 0.1) is 11.3 Å². The molecule has 2 aliphatic carbocycles. The summed E-state index contributed by atoms with van der Waals surface area (Å²) in [4.78, 5) is 0. The molecule has 0 radical (unpaired) electrons. The molecule has 6 rings (SSSR count). The Bertz CT molecular complexity index is 1490. The van der Waals surface area contributed by atoms with Gasteiger partial charge in [-0.2, -0.15) is 0 Å². The molecule has 248 valence electrons. The molecule has 0 heterocycles. The summed E-state index contributed by atoms with van der Waals surface area (Å²) in [5, 5.41) is 0. The Morgan fingerprint density at radius 2 is 1.06 bits per heavy atom. The molecule has 0 unspecified atom stereocenters. The zero-order valence-electron chi connectivity index (χ0n) is 28.4. The third kappa shape index (κ3) is 7.64. The smallest absolute Gasteiger partial charge is 0.150 e. The van der Waals surface area contributed by atoms with E-state index in [1.165, 1.54) is 94.6 Å². The fraction of sp³-hybridized carbons (Fsp3) is 0.442. The normalized spacial score (nSPS) is 17.6. The Labute approximate surface area is 282 Å². The standard InChI is InChI=1S/C43H54N2O2/c1-2-3-13-27-42(28-14-4-15-29-42)30-24-33-25-31-43(32-26-33,34-16-5-9-20-38(34)46-40-22-11-7-18-36(40)44)35-17-6-10-21-39(35)47-41-23-12-8-19-37(41)45/h5-12,16-23,33H,2-4,13-15,24-32,44-45H2,1H3. The SMILES string of the molecule is CCCCCC1(CCC2CCC(c3ccccc3Oc3ccccc3N)(c3ccccc3Oc3ccccc3N)CC2)CCCCC1. The van der Waals surface area contributed by atoms with Gasteiger partial charge in [0.1, 0.15) is 23.0 Å². The highest BCUT2D eigenvalue weighted by Gasteiger charge is 2.43. The summed E-state index contributed by atoms with van der Waals surface area (Å²) in [6, 6.07) is 32.7. The molecule has 4 aromatic carbocycles. The first-order valence-corrected chi connectivity index (χ1v) is 18.3. The minimum Gasteiger partial charge on any atom is -0.455 e. The fourth-order valence-electron chi connectivity index (χ4n) is 8.62. The van der Waals surface area contributed by atoms with Gasteiger partial charge in [0, 0.05) is 16.5 Å². The van der Waals surface area contributed by atoms with Crippen molar-refractivity contribution in [1.82, 2.24) is 0 Å². The summed E-state index contributed by atoms with van der Waals surface area (Å²) in [7, 11) is 0. The van der Waals surface area contributed by atoms with Gasteiger partial charge >= 0.3 is 0 Å². The second-order valence-corrected chi connectivity index (χ2v) is 14.4. The van der Waals surface area contributed by atoms with Crippen molar-refractivity contribution in [3.63, 3.8) is 0 Å². The Hall–Kier alpha value is -3.92. The lowest BCUT2D eigenvalue weighted by atomic mass is 9.61. The van der Waals surface area contributed by atoms with Gasteiger partial charge in [-0.25, -0.2) is 0 Å². The van der Waals surface area contributed by atoms with Crippen LogP contribution in [-0.4, -0.2) is 0 Å². The number of para-hydroxylation sites is 6. The molecule has 0 saturated heterocycles. The van der Waals surface area contributed by atoms with E-state index in [0.29, 0.717) is 28.3 Å². The van der Waals surface area contributed by atoms with E-state index >= 15 is 0 Å². The zero-order chi connectivity index (χ0) is 32.5. The minimum absolute atomic E-state index is 0.277. The van der Waals surface area contributed by atoms with Crippen molar-refractivity contribution in [3.05, 3.63) is 108 Å². The van der Waals surface area contributed by atoms with Gasteiger partial charge in [0.2, 0.25) is 0 Å². The first-order chi connectivity index (χ1) is 23.0. The molecule has 4 nitrogen and oxygen atoms in total. The van der Waals surface area contributed by atoms with Crippen LogP contribution in [0.2, 0.25) is 0 Å². The maximum absolute atomic E-state index is 6.65. The molecule has 4 aromatic rings. The highest BCUT2D eigenvalue weighted by atomic mass is 16.5. The molecule has 2 saturated carbocycles. The first-order valence-electron chi connectivity index (χ1n) is 18.3. The molecule has 0 aromatic heterocycles. The summed E-state index contributed by atoms with van der Waals surface area (Å²) in [6.07, 6.45) is 19.9. The lowest BCUT2D eigenvalue weighted by molar-refractivity contribution is 0.128. The van der Waals surface area contributed by atoms with E-state index in [1.54, 1.807) is 0 Å². The number of benzene rings is 4. The van der Waals surface area contributed by atoms with Crippen LogP contribution in [0.5, 0.6) is 23.0 Å².